The second kappa shape index (κ2) is 7.88. The highest BCUT2D eigenvalue weighted by Gasteiger charge is 2.20. The van der Waals surface area contributed by atoms with Gasteiger partial charge in [-0.1, -0.05) is 42.8 Å². The van der Waals surface area contributed by atoms with Gasteiger partial charge in [0.25, 0.3) is 0 Å². The van der Waals surface area contributed by atoms with Crippen molar-refractivity contribution in [3.05, 3.63) is 60.7 Å². The van der Waals surface area contributed by atoms with Crippen molar-refractivity contribution < 1.29 is 0 Å². The molecule has 2 rings (SSSR count). The normalized spacial score (nSPS) is 11.4. The van der Waals surface area contributed by atoms with Crippen LogP contribution in [0.2, 0.25) is 12.6 Å². The van der Waals surface area contributed by atoms with Crippen LogP contribution in [0.3, 0.4) is 0 Å². The topological polar surface area (TPSA) is 3.24 Å². The lowest BCUT2D eigenvalue weighted by atomic mass is 10.2. The molecule has 112 valence electrons. The van der Waals surface area contributed by atoms with Crippen LogP contribution in [0, 0.1) is 0 Å². The van der Waals surface area contributed by atoms with E-state index in [4.69, 9.17) is 22.2 Å². The first-order valence-corrected chi connectivity index (χ1v) is 12.0. The van der Waals surface area contributed by atoms with Crippen molar-refractivity contribution in [3.8, 4) is 0 Å². The van der Waals surface area contributed by atoms with Crippen molar-refractivity contribution in [2.75, 3.05) is 11.4 Å². The number of hydrogen-bond acceptors (Lipinski definition) is 1. The Hall–Kier alpha value is -0.963. The molecular formula is C17H21Cl2NSi. The van der Waals surface area contributed by atoms with E-state index in [0.717, 1.165) is 25.4 Å². The molecule has 0 aliphatic heterocycles. The van der Waals surface area contributed by atoms with E-state index in [-0.39, 0.29) is 0 Å². The summed E-state index contributed by atoms with van der Waals surface area (Å²) in [6.45, 7) is 1.00. The van der Waals surface area contributed by atoms with Gasteiger partial charge in [-0.15, -0.1) is 22.2 Å². The summed E-state index contributed by atoms with van der Waals surface area (Å²) < 4.78 is 0. The Balaban J connectivity index is 2.04. The van der Waals surface area contributed by atoms with Gasteiger partial charge in [0.1, 0.15) is 0 Å². The summed E-state index contributed by atoms with van der Waals surface area (Å²) in [5.41, 5.74) is 2.45. The molecule has 0 saturated heterocycles. The van der Waals surface area contributed by atoms with Gasteiger partial charge in [0.15, 0.2) is 0 Å². The summed E-state index contributed by atoms with van der Waals surface area (Å²) in [6, 6.07) is 21.9. The summed E-state index contributed by atoms with van der Waals surface area (Å²) in [5, 5.41) is 0. The van der Waals surface area contributed by atoms with Crippen LogP contribution in [0.5, 0.6) is 0 Å². The molecule has 0 amide bonds. The molecule has 0 bridgehead atoms. The fourth-order valence-electron chi connectivity index (χ4n) is 2.33. The molecule has 0 saturated carbocycles. The predicted molar refractivity (Wildman–Crippen MR) is 97.3 cm³/mol. The summed E-state index contributed by atoms with van der Waals surface area (Å²) in [6.07, 6.45) is 2.16. The molecule has 0 spiro atoms. The number of hydrogen-bond donors (Lipinski definition) is 0. The summed E-state index contributed by atoms with van der Waals surface area (Å²) >= 11 is 12.3. The average Bonchev–Trinajstić information content (AvgIpc) is 2.48. The maximum Gasteiger partial charge on any atom is 0.248 e. The van der Waals surface area contributed by atoms with Gasteiger partial charge in [-0.05, 0) is 43.3 Å². The van der Waals surface area contributed by atoms with Crippen LogP contribution in [-0.2, 0) is 0 Å². The van der Waals surface area contributed by atoms with Crippen LogP contribution in [0.25, 0.3) is 0 Å². The number of unbranched alkanes of at least 4 members (excludes halogenated alkanes) is 1. The molecule has 0 heterocycles. The lowest BCUT2D eigenvalue weighted by Gasteiger charge is -2.25. The Morgan fingerprint density at radius 1 is 0.810 bits per heavy atom. The first-order chi connectivity index (χ1) is 10.1. The SMILES string of the molecule is C[Si](Cl)(Cl)CCCCN(c1ccccc1)c1ccccc1. The smallest absolute Gasteiger partial charge is 0.248 e. The minimum atomic E-state index is -1.96. The Kier molecular flexibility index (Phi) is 6.16. The maximum atomic E-state index is 6.17. The van der Waals surface area contributed by atoms with Gasteiger partial charge in [-0.25, -0.2) is 0 Å². The van der Waals surface area contributed by atoms with Crippen molar-refractivity contribution in [1.29, 1.82) is 0 Å². The van der Waals surface area contributed by atoms with E-state index in [1.54, 1.807) is 0 Å². The highest BCUT2D eigenvalue weighted by atomic mass is 35.7. The van der Waals surface area contributed by atoms with Crippen molar-refractivity contribution >= 4 is 40.2 Å². The molecule has 2 aromatic rings. The Bertz CT molecular complexity index is 486. The van der Waals surface area contributed by atoms with Gasteiger partial charge in [0.05, 0.1) is 0 Å². The molecule has 0 fully saturated rings. The van der Waals surface area contributed by atoms with Gasteiger partial charge in [0, 0.05) is 17.9 Å². The first kappa shape index (κ1) is 16.4. The number of para-hydroxylation sites is 2. The predicted octanol–water partition coefficient (Wildman–Crippen LogP) is 6.15. The fourth-order valence-corrected chi connectivity index (χ4v) is 4.00. The number of benzene rings is 2. The van der Waals surface area contributed by atoms with E-state index in [9.17, 15) is 0 Å². The van der Waals surface area contributed by atoms with Crippen LogP contribution in [0.1, 0.15) is 12.8 Å². The molecule has 0 aromatic heterocycles. The van der Waals surface area contributed by atoms with Crippen molar-refractivity contribution in [3.63, 3.8) is 0 Å². The summed E-state index contributed by atoms with van der Waals surface area (Å²) in [7, 11) is 0. The maximum absolute atomic E-state index is 6.17. The molecular weight excluding hydrogens is 317 g/mol. The number of anilines is 2. The molecule has 0 radical (unpaired) electrons. The van der Waals surface area contributed by atoms with Crippen LogP contribution in [-0.4, -0.2) is 13.2 Å². The van der Waals surface area contributed by atoms with Crippen LogP contribution in [0.15, 0.2) is 60.7 Å². The fraction of sp³-hybridized carbons (Fsp3) is 0.294. The highest BCUT2D eigenvalue weighted by molar-refractivity contribution is 7.44. The van der Waals surface area contributed by atoms with E-state index >= 15 is 0 Å². The van der Waals surface area contributed by atoms with Crippen molar-refractivity contribution in [2.45, 2.75) is 25.4 Å². The van der Waals surface area contributed by atoms with Crippen LogP contribution < -0.4 is 4.90 Å². The summed E-state index contributed by atoms with van der Waals surface area (Å²) in [5.74, 6) is 0. The first-order valence-electron chi connectivity index (χ1n) is 7.32. The van der Waals surface area contributed by atoms with Gasteiger partial charge in [-0.2, -0.15) is 0 Å². The van der Waals surface area contributed by atoms with Gasteiger partial charge in [0.2, 0.25) is 6.69 Å². The third-order valence-electron chi connectivity index (χ3n) is 3.38. The van der Waals surface area contributed by atoms with E-state index in [1.807, 2.05) is 18.7 Å². The standard InChI is InChI=1S/C17H21Cl2NSi/c1-21(18,19)15-9-8-14-20(16-10-4-2-5-11-16)17-12-6-3-7-13-17/h2-7,10-13H,8-9,14-15H2,1H3. The molecule has 0 aliphatic rings. The second-order valence-corrected chi connectivity index (χ2v) is 13.6. The number of halogens is 2. The lowest BCUT2D eigenvalue weighted by molar-refractivity contribution is 0.781. The monoisotopic (exact) mass is 337 g/mol. The van der Waals surface area contributed by atoms with E-state index in [1.165, 1.54) is 11.4 Å². The zero-order chi connectivity index (χ0) is 15.1. The van der Waals surface area contributed by atoms with Crippen molar-refractivity contribution in [1.82, 2.24) is 0 Å². The molecule has 21 heavy (non-hydrogen) atoms. The zero-order valence-electron chi connectivity index (χ0n) is 12.3. The molecule has 0 N–H and O–H groups in total. The molecule has 0 unspecified atom stereocenters. The highest BCUT2D eigenvalue weighted by Crippen LogP contribution is 2.27. The summed E-state index contributed by atoms with van der Waals surface area (Å²) in [4.78, 5) is 2.35. The quantitative estimate of drug-likeness (QED) is 0.332. The van der Waals surface area contributed by atoms with Gasteiger partial charge >= 0.3 is 0 Å². The average molecular weight is 338 g/mol. The molecule has 1 nitrogen and oxygen atoms in total. The molecule has 0 atom stereocenters. The Morgan fingerprint density at radius 3 is 1.71 bits per heavy atom. The van der Waals surface area contributed by atoms with Crippen molar-refractivity contribution in [2.24, 2.45) is 0 Å². The third-order valence-corrected chi connectivity index (χ3v) is 5.75. The van der Waals surface area contributed by atoms with E-state index in [0.29, 0.717) is 0 Å². The zero-order valence-corrected chi connectivity index (χ0v) is 14.8. The lowest BCUT2D eigenvalue weighted by Crippen LogP contribution is -2.19. The second-order valence-electron chi connectivity index (χ2n) is 5.35. The third kappa shape index (κ3) is 5.74. The molecule has 4 heteroatoms. The number of nitrogens with zero attached hydrogens (tertiary/aromatic N) is 1. The van der Waals surface area contributed by atoms with Gasteiger partial charge in [-0.3, -0.25) is 0 Å². The van der Waals surface area contributed by atoms with E-state index < -0.39 is 6.69 Å². The largest absolute Gasteiger partial charge is 0.341 e. The minimum Gasteiger partial charge on any atom is -0.341 e. The van der Waals surface area contributed by atoms with Crippen LogP contribution >= 0.6 is 22.2 Å². The molecule has 2 aromatic carbocycles. The van der Waals surface area contributed by atoms with Crippen LogP contribution in [0.4, 0.5) is 11.4 Å². The number of rotatable bonds is 7. The molecule has 0 aliphatic carbocycles. The van der Waals surface area contributed by atoms with E-state index in [2.05, 4.69) is 53.4 Å². The Labute approximate surface area is 137 Å². The Morgan fingerprint density at radius 2 is 1.29 bits per heavy atom. The van der Waals surface area contributed by atoms with Gasteiger partial charge < -0.3 is 4.90 Å². The minimum absolute atomic E-state index is 0.952.